The van der Waals surface area contributed by atoms with Crippen molar-refractivity contribution in [3.05, 3.63) is 133 Å². The summed E-state index contributed by atoms with van der Waals surface area (Å²) >= 11 is 0. The van der Waals surface area contributed by atoms with Gasteiger partial charge in [-0.1, -0.05) is 97.1 Å². The third-order valence-electron chi connectivity index (χ3n) is 12.0. The number of carbonyl (C=O) groups excluding carboxylic acids is 4. The van der Waals surface area contributed by atoms with Gasteiger partial charge < -0.3 is 38.5 Å². The molecule has 16 heteroatoms. The molecule has 2 aromatic heterocycles. The molecular weight excluding hydrogens is 889 g/mol. The predicted octanol–water partition coefficient (Wildman–Crippen LogP) is 10.1. The molecule has 2 atom stereocenters. The first-order chi connectivity index (χ1) is 33.6. The van der Waals surface area contributed by atoms with Crippen LogP contribution in [0.25, 0.3) is 21.8 Å². The van der Waals surface area contributed by atoms with Crippen molar-refractivity contribution < 1.29 is 38.1 Å². The van der Waals surface area contributed by atoms with E-state index in [1.807, 2.05) is 166 Å². The van der Waals surface area contributed by atoms with E-state index < -0.39 is 11.2 Å². The Morgan fingerprint density at radius 2 is 1.03 bits per heavy atom. The number of piperazine rings is 2. The minimum atomic E-state index is -0.582. The summed E-state index contributed by atoms with van der Waals surface area (Å²) < 4.78 is 26.3. The highest BCUT2D eigenvalue weighted by atomic mass is 16.6. The normalized spacial score (nSPS) is 16.4. The first-order valence-electron chi connectivity index (χ1n) is 24.3. The molecule has 4 amide bonds. The maximum absolute atomic E-state index is 12.9. The van der Waals surface area contributed by atoms with E-state index in [4.69, 9.17) is 18.9 Å². The molecule has 16 nitrogen and oxygen atoms in total. The number of aromatic nitrogens is 4. The van der Waals surface area contributed by atoms with Gasteiger partial charge in [0, 0.05) is 69.3 Å². The maximum Gasteiger partial charge on any atom is 0.410 e. The van der Waals surface area contributed by atoms with Crippen molar-refractivity contribution in [2.24, 2.45) is 0 Å². The minimum absolute atomic E-state index is 0.159. The molecule has 2 fully saturated rings. The third-order valence-corrected chi connectivity index (χ3v) is 12.0. The monoisotopic (exact) mass is 957 g/mol. The Kier molecular flexibility index (Phi) is 17.0. The van der Waals surface area contributed by atoms with E-state index >= 15 is 0 Å². The zero-order chi connectivity index (χ0) is 49.7. The van der Waals surface area contributed by atoms with E-state index in [0.717, 1.165) is 71.7 Å². The molecule has 4 heterocycles. The van der Waals surface area contributed by atoms with Gasteiger partial charge in [0.1, 0.15) is 24.4 Å². The summed E-state index contributed by atoms with van der Waals surface area (Å²) in [4.78, 5) is 58.3. The summed E-state index contributed by atoms with van der Waals surface area (Å²) in [6.07, 6.45) is 5.56. The topological polar surface area (TPSA) is 154 Å². The predicted molar refractivity (Wildman–Crippen MR) is 268 cm³/mol. The van der Waals surface area contributed by atoms with Crippen LogP contribution < -0.4 is 0 Å². The Morgan fingerprint density at radius 1 is 0.557 bits per heavy atom. The van der Waals surface area contributed by atoms with Crippen LogP contribution in [0, 0.1) is 0 Å². The first-order valence-corrected chi connectivity index (χ1v) is 24.3. The minimum Gasteiger partial charge on any atom is -0.445 e. The summed E-state index contributed by atoms with van der Waals surface area (Å²) in [6.45, 7) is 15.5. The van der Waals surface area contributed by atoms with E-state index in [1.54, 1.807) is 19.6 Å². The second-order valence-electron chi connectivity index (χ2n) is 19.8. The molecule has 70 heavy (non-hydrogen) atoms. The van der Waals surface area contributed by atoms with E-state index in [9.17, 15) is 19.2 Å². The van der Waals surface area contributed by atoms with Gasteiger partial charge >= 0.3 is 24.4 Å². The van der Waals surface area contributed by atoms with Crippen molar-refractivity contribution in [2.75, 3.05) is 39.3 Å². The Bertz CT molecular complexity index is 2600. The zero-order valence-corrected chi connectivity index (χ0v) is 41.4. The first kappa shape index (κ1) is 50.8. The van der Waals surface area contributed by atoms with Crippen LogP contribution >= 0.6 is 0 Å². The molecule has 0 spiro atoms. The molecule has 372 valence electrons. The Balaban J connectivity index is 0.000000206. The lowest BCUT2D eigenvalue weighted by Gasteiger charge is -2.41. The molecular formula is C54H68N8O8. The molecule has 2 aliphatic rings. The van der Waals surface area contributed by atoms with Crippen LogP contribution in [0.5, 0.6) is 0 Å². The molecule has 6 aromatic rings. The highest BCUT2D eigenvalue weighted by molar-refractivity contribution is 5.79. The van der Waals surface area contributed by atoms with Crippen LogP contribution in [-0.4, -0.2) is 126 Å². The van der Waals surface area contributed by atoms with Gasteiger partial charge in [-0.25, -0.2) is 19.2 Å². The number of para-hydroxylation sites is 1. The number of hydrogen-bond acceptors (Lipinski definition) is 10. The van der Waals surface area contributed by atoms with Crippen LogP contribution in [0.2, 0.25) is 0 Å². The van der Waals surface area contributed by atoms with Crippen LogP contribution in [0.15, 0.2) is 122 Å². The average molecular weight is 957 g/mol. The van der Waals surface area contributed by atoms with Gasteiger partial charge in [-0.15, -0.1) is 0 Å². The number of benzene rings is 4. The molecule has 0 unspecified atom stereocenters. The van der Waals surface area contributed by atoms with Gasteiger partial charge in [-0.05, 0) is 90.5 Å². The lowest BCUT2D eigenvalue weighted by atomic mass is 10.1. The van der Waals surface area contributed by atoms with Gasteiger partial charge in [0.05, 0.1) is 29.3 Å². The van der Waals surface area contributed by atoms with Crippen molar-refractivity contribution in [3.63, 3.8) is 0 Å². The number of hydrogen-bond donors (Lipinski definition) is 0. The van der Waals surface area contributed by atoms with Crippen LogP contribution in [0.3, 0.4) is 0 Å². The van der Waals surface area contributed by atoms with Gasteiger partial charge in [-0.3, -0.25) is 9.36 Å². The molecule has 0 radical (unpaired) electrons. The average Bonchev–Trinajstić information content (AvgIpc) is 3.96. The van der Waals surface area contributed by atoms with Crippen molar-refractivity contribution in [1.82, 2.24) is 39.2 Å². The van der Waals surface area contributed by atoms with E-state index in [1.165, 1.54) is 0 Å². The SMILES string of the molecule is CC(C)(C)OC(=O)N1CCN(C(=O)OCc2ccccc2)C[C@H]1CCCn1cc2ccccc2n1.CC(C)(C)OC(=O)N1CCN(C(=O)OCc2ccccc2)C[C@H]1CCCn1ncc2ccccc21. The van der Waals surface area contributed by atoms with Crippen LogP contribution in [-0.2, 0) is 45.3 Å². The molecule has 2 saturated heterocycles. The van der Waals surface area contributed by atoms with Crippen LogP contribution in [0.4, 0.5) is 19.2 Å². The number of amides is 4. The second-order valence-corrected chi connectivity index (χ2v) is 19.8. The van der Waals surface area contributed by atoms with Gasteiger partial charge in [0.2, 0.25) is 0 Å². The van der Waals surface area contributed by atoms with Crippen molar-refractivity contribution >= 4 is 46.2 Å². The van der Waals surface area contributed by atoms with E-state index in [2.05, 4.69) is 16.3 Å². The highest BCUT2D eigenvalue weighted by Crippen LogP contribution is 2.23. The van der Waals surface area contributed by atoms with Crippen LogP contribution in [0.1, 0.15) is 78.4 Å². The number of carbonyl (C=O) groups is 4. The summed E-state index contributed by atoms with van der Waals surface area (Å²) in [5.74, 6) is 0. The maximum atomic E-state index is 12.9. The van der Waals surface area contributed by atoms with Crippen molar-refractivity contribution in [2.45, 2.75) is 117 Å². The fourth-order valence-corrected chi connectivity index (χ4v) is 8.58. The number of fused-ring (bicyclic) bond motifs is 2. The largest absolute Gasteiger partial charge is 0.445 e. The summed E-state index contributed by atoms with van der Waals surface area (Å²) in [6, 6.07) is 35.0. The smallest absolute Gasteiger partial charge is 0.410 e. The summed E-state index contributed by atoms with van der Waals surface area (Å²) in [5, 5.41) is 11.3. The van der Waals surface area contributed by atoms with Gasteiger partial charge in [-0.2, -0.15) is 10.2 Å². The third kappa shape index (κ3) is 14.7. The number of nitrogens with zero attached hydrogens (tertiary/aromatic N) is 8. The van der Waals surface area contributed by atoms with Gasteiger partial charge in [0.15, 0.2) is 0 Å². The fourth-order valence-electron chi connectivity index (χ4n) is 8.58. The standard InChI is InChI=1S/2C27H34N4O4/c1-27(2,3)35-26(33)31-17-16-29(25(32)34-20-21-10-5-4-6-11-21)19-23(31)13-9-15-30-18-22-12-7-8-14-24(22)28-30;1-27(2,3)35-26(33)30-17-16-29(25(32)34-20-21-10-5-4-6-11-21)19-23(30)13-9-15-31-24-14-8-7-12-22(24)18-28-31/h2*4-8,10-12,14,18,23H,9,13,15-17,19-20H2,1-3H3/t2*23-/m11/s1. The highest BCUT2D eigenvalue weighted by Gasteiger charge is 2.37. The molecule has 0 saturated carbocycles. The Hall–Kier alpha value is -7.10. The number of aryl methyl sites for hydroxylation is 2. The zero-order valence-electron chi connectivity index (χ0n) is 41.4. The van der Waals surface area contributed by atoms with E-state index in [0.29, 0.717) is 39.3 Å². The Morgan fingerprint density at radius 3 is 1.54 bits per heavy atom. The Labute approximate surface area is 411 Å². The quantitative estimate of drug-likeness (QED) is 0.108. The molecule has 8 rings (SSSR count). The fraction of sp³-hybridized carbons (Fsp3) is 0.444. The lowest BCUT2D eigenvalue weighted by molar-refractivity contribution is -0.00528. The van der Waals surface area contributed by atoms with Crippen molar-refractivity contribution in [1.29, 1.82) is 0 Å². The van der Waals surface area contributed by atoms with Crippen molar-refractivity contribution in [3.8, 4) is 0 Å². The van der Waals surface area contributed by atoms with E-state index in [-0.39, 0.29) is 49.7 Å². The number of rotatable bonds is 12. The number of ether oxygens (including phenoxy) is 4. The molecule has 0 N–H and O–H groups in total. The second kappa shape index (κ2) is 23.5. The molecule has 0 aliphatic carbocycles. The molecule has 2 aliphatic heterocycles. The lowest BCUT2D eigenvalue weighted by Crippen LogP contribution is -2.57. The van der Waals surface area contributed by atoms with Gasteiger partial charge in [0.25, 0.3) is 0 Å². The molecule has 4 aromatic carbocycles. The molecule has 0 bridgehead atoms. The summed E-state index contributed by atoms with van der Waals surface area (Å²) in [5.41, 5.74) is 2.77. The summed E-state index contributed by atoms with van der Waals surface area (Å²) in [7, 11) is 0.